The van der Waals surface area contributed by atoms with Crippen LogP contribution in [0.2, 0.25) is 0 Å². The quantitative estimate of drug-likeness (QED) is 0.136. The molecule has 232 valence electrons. The Hall–Kier alpha value is -7.24. The number of aromatic amines is 3. The van der Waals surface area contributed by atoms with Crippen LogP contribution in [-0.4, -0.2) is 46.2 Å². The molecular weight excluding hydrogens is 600 g/mol. The third-order valence-corrected chi connectivity index (χ3v) is 6.81. The number of pyridine rings is 5. The second-order valence-electron chi connectivity index (χ2n) is 9.93. The van der Waals surface area contributed by atoms with E-state index in [2.05, 4.69) is 52.0 Å². The van der Waals surface area contributed by atoms with Gasteiger partial charge in [-0.05, 0) is 77.9 Å². The fourth-order valence-corrected chi connectivity index (χ4v) is 4.55. The Bertz CT molecular complexity index is 2290. The van der Waals surface area contributed by atoms with Gasteiger partial charge in [-0.3, -0.25) is 14.8 Å². The molecule has 8 heterocycles. The van der Waals surface area contributed by atoms with Gasteiger partial charge in [-0.2, -0.15) is 10.5 Å². The van der Waals surface area contributed by atoms with Crippen molar-refractivity contribution in [1.82, 2.24) is 39.9 Å². The first-order chi connectivity index (χ1) is 23.7. The van der Waals surface area contributed by atoms with Crippen molar-refractivity contribution in [2.75, 3.05) is 0 Å². The monoisotopic (exact) mass is 628 g/mol. The first-order valence-corrected chi connectivity index (χ1v) is 14.7. The minimum atomic E-state index is 0.436. The first kappa shape index (κ1) is 32.2. The zero-order valence-electron chi connectivity index (χ0n) is 25.5. The average molecular weight is 629 g/mol. The first-order valence-electron chi connectivity index (χ1n) is 14.7. The number of hydrogen-bond donors (Lipinski definition) is 3. The lowest BCUT2D eigenvalue weighted by molar-refractivity contribution is 0.112. The van der Waals surface area contributed by atoms with E-state index in [1.54, 1.807) is 49.3 Å². The highest BCUT2D eigenvalue weighted by Crippen LogP contribution is 2.25. The number of fused-ring (bicyclic) bond motifs is 3. The van der Waals surface area contributed by atoms with E-state index in [9.17, 15) is 10.1 Å². The molecule has 0 amide bonds. The van der Waals surface area contributed by atoms with Gasteiger partial charge in [0.25, 0.3) is 0 Å². The predicted octanol–water partition coefficient (Wildman–Crippen LogP) is 7.11. The van der Waals surface area contributed by atoms with Gasteiger partial charge in [-0.1, -0.05) is 6.07 Å². The van der Waals surface area contributed by atoms with Crippen LogP contribution in [0.15, 0.2) is 129 Å². The molecule has 0 aliphatic carbocycles. The van der Waals surface area contributed by atoms with Crippen LogP contribution in [0, 0.1) is 22.7 Å². The van der Waals surface area contributed by atoms with Crippen LogP contribution in [-0.2, 0) is 6.42 Å². The van der Waals surface area contributed by atoms with Crippen molar-refractivity contribution >= 4 is 51.0 Å². The molecule has 8 rings (SSSR count). The number of carbonyl (C=O) groups excluding carboxylic acids is 1. The van der Waals surface area contributed by atoms with Crippen LogP contribution in [0.3, 0.4) is 0 Å². The molecule has 0 aliphatic heterocycles. The summed E-state index contributed by atoms with van der Waals surface area (Å²) in [6, 6.07) is 25.1. The normalized spacial score (nSPS) is 10.3. The number of nitrogens with zero attached hydrogens (tertiary/aromatic N) is 7. The van der Waals surface area contributed by atoms with Crippen LogP contribution < -0.4 is 0 Å². The molecule has 11 heteroatoms. The van der Waals surface area contributed by atoms with E-state index in [1.165, 1.54) is 6.20 Å². The molecule has 3 N–H and O–H groups in total. The molecule has 8 aromatic rings. The standard InChI is InChI=1S/C15H10N4.C9H7N3.C7H6N2.C6H5NO/c16-8-12(7-11-3-1-5-17-9-11)14-10-19-15-13(14)4-2-6-18-15;10-4-3-7-6-12-9-8(7)2-1-5-11-9;1-2-6-3-5-9-7(6)8-4-1;8-5-6-2-1-3-7-4-6/h1-7,9-10H,(H,18,19);1-2,5-6H,3H2,(H,11,12);1-5H,(H,8,9);1-5H/b12-7+;;;. The highest BCUT2D eigenvalue weighted by molar-refractivity contribution is 6.00. The lowest BCUT2D eigenvalue weighted by Gasteiger charge is -1.97. The van der Waals surface area contributed by atoms with Crippen LogP contribution >= 0.6 is 0 Å². The topological polar surface area (TPSA) is 176 Å². The van der Waals surface area contributed by atoms with E-state index in [4.69, 9.17) is 5.26 Å². The summed E-state index contributed by atoms with van der Waals surface area (Å²) < 4.78 is 0. The molecule has 0 fully saturated rings. The Morgan fingerprint density at radius 2 is 1.31 bits per heavy atom. The van der Waals surface area contributed by atoms with Crippen molar-refractivity contribution in [1.29, 1.82) is 10.5 Å². The number of H-pyrrole nitrogens is 3. The highest BCUT2D eigenvalue weighted by Gasteiger charge is 2.08. The number of aldehydes is 1. The van der Waals surface area contributed by atoms with Gasteiger partial charge in [0.2, 0.25) is 0 Å². The van der Waals surface area contributed by atoms with Crippen molar-refractivity contribution < 1.29 is 4.79 Å². The molecule has 0 aromatic carbocycles. The molecule has 0 saturated carbocycles. The zero-order chi connectivity index (χ0) is 33.4. The van der Waals surface area contributed by atoms with Crippen LogP contribution in [0.25, 0.3) is 44.7 Å². The van der Waals surface area contributed by atoms with Crippen molar-refractivity contribution in [3.05, 3.63) is 151 Å². The number of nitrogens with one attached hydrogen (secondary N) is 3. The molecular formula is C37H28N10O. The van der Waals surface area contributed by atoms with E-state index in [-0.39, 0.29) is 0 Å². The Morgan fingerprint density at radius 3 is 1.94 bits per heavy atom. The third kappa shape index (κ3) is 8.47. The molecule has 48 heavy (non-hydrogen) atoms. The fraction of sp³-hybridized carbons (Fsp3) is 0.0270. The molecule has 0 radical (unpaired) electrons. The minimum Gasteiger partial charge on any atom is -0.346 e. The van der Waals surface area contributed by atoms with E-state index < -0.39 is 0 Å². The summed E-state index contributed by atoms with van der Waals surface area (Å²) in [5.74, 6) is 0. The highest BCUT2D eigenvalue weighted by atomic mass is 16.1. The van der Waals surface area contributed by atoms with Gasteiger partial charge in [0.05, 0.1) is 24.1 Å². The molecule has 0 spiro atoms. The summed E-state index contributed by atoms with van der Waals surface area (Å²) in [6.07, 6.45) is 20.4. The predicted molar refractivity (Wildman–Crippen MR) is 185 cm³/mol. The fourth-order valence-electron chi connectivity index (χ4n) is 4.55. The van der Waals surface area contributed by atoms with Gasteiger partial charge < -0.3 is 15.0 Å². The summed E-state index contributed by atoms with van der Waals surface area (Å²) in [6.45, 7) is 0. The minimum absolute atomic E-state index is 0.436. The Balaban J connectivity index is 0.000000134. The lowest BCUT2D eigenvalue weighted by atomic mass is 10.1. The number of rotatable bonds is 4. The maximum atomic E-state index is 9.97. The smallest absolute Gasteiger partial charge is 0.151 e. The molecule has 0 unspecified atom stereocenters. The summed E-state index contributed by atoms with van der Waals surface area (Å²) in [7, 11) is 0. The maximum absolute atomic E-state index is 9.97. The number of carbonyl (C=O) groups is 1. The van der Waals surface area contributed by atoms with Crippen LogP contribution in [0.1, 0.15) is 27.0 Å². The SMILES string of the molecule is N#C/C(=C\c1cccnc1)c1c[nH]c2ncccc12.N#CCc1c[nH]c2ncccc12.O=Cc1cccnc1.c1cnc2[nH]ccc2c1. The number of hydrogen-bond acceptors (Lipinski definition) is 8. The molecule has 0 saturated heterocycles. The van der Waals surface area contributed by atoms with Crippen molar-refractivity contribution in [3.63, 3.8) is 0 Å². The zero-order valence-corrected chi connectivity index (χ0v) is 25.5. The van der Waals surface area contributed by atoms with E-state index in [0.29, 0.717) is 17.6 Å². The second kappa shape index (κ2) is 16.7. The maximum Gasteiger partial charge on any atom is 0.151 e. The van der Waals surface area contributed by atoms with Crippen molar-refractivity contribution in [3.8, 4) is 12.1 Å². The van der Waals surface area contributed by atoms with Gasteiger partial charge >= 0.3 is 0 Å². The number of aromatic nitrogens is 8. The molecule has 0 aliphatic rings. The largest absolute Gasteiger partial charge is 0.346 e. The van der Waals surface area contributed by atoms with Gasteiger partial charge in [-0.25, -0.2) is 15.0 Å². The number of allylic oxidation sites excluding steroid dienone is 1. The lowest BCUT2D eigenvalue weighted by Crippen LogP contribution is -1.81. The molecule has 0 bridgehead atoms. The van der Waals surface area contributed by atoms with Crippen molar-refractivity contribution in [2.24, 2.45) is 0 Å². The summed E-state index contributed by atoms with van der Waals surface area (Å²) in [5, 5.41) is 21.0. The molecule has 8 aromatic heterocycles. The Morgan fingerprint density at radius 1 is 0.688 bits per heavy atom. The van der Waals surface area contributed by atoms with Gasteiger partial charge in [-0.15, -0.1) is 0 Å². The number of nitriles is 2. The average Bonchev–Trinajstić information content (AvgIpc) is 3.92. The third-order valence-electron chi connectivity index (χ3n) is 6.81. The summed E-state index contributed by atoms with van der Waals surface area (Å²) in [4.78, 5) is 39.2. The van der Waals surface area contributed by atoms with Gasteiger partial charge in [0.1, 0.15) is 16.9 Å². The van der Waals surface area contributed by atoms with E-state index in [1.807, 2.05) is 79.3 Å². The van der Waals surface area contributed by atoms with Crippen LogP contribution in [0.5, 0.6) is 0 Å². The molecule has 0 atom stereocenters. The van der Waals surface area contributed by atoms with Gasteiger partial charge in [0, 0.05) is 89.3 Å². The Labute approximate surface area is 275 Å². The Kier molecular flexibility index (Phi) is 11.2. The second-order valence-corrected chi connectivity index (χ2v) is 9.93. The van der Waals surface area contributed by atoms with E-state index >= 15 is 0 Å². The van der Waals surface area contributed by atoms with Gasteiger partial charge in [0.15, 0.2) is 6.29 Å². The molecule has 11 nitrogen and oxygen atoms in total. The van der Waals surface area contributed by atoms with E-state index in [0.717, 1.165) is 56.1 Å². The van der Waals surface area contributed by atoms with Crippen LogP contribution in [0.4, 0.5) is 0 Å². The summed E-state index contributed by atoms with van der Waals surface area (Å²) >= 11 is 0. The summed E-state index contributed by atoms with van der Waals surface area (Å²) in [5.41, 5.74) is 6.57. The van der Waals surface area contributed by atoms with Crippen molar-refractivity contribution in [2.45, 2.75) is 6.42 Å².